The number of imidazole rings is 1. The van der Waals surface area contributed by atoms with Gasteiger partial charge in [-0.05, 0) is 89.7 Å². The molecule has 0 spiro atoms. The van der Waals surface area contributed by atoms with Crippen molar-refractivity contribution in [3.8, 4) is 11.3 Å². The Bertz CT molecular complexity index is 1800. The third-order valence-electron chi connectivity index (χ3n) is 14.3. The van der Waals surface area contributed by atoms with Crippen molar-refractivity contribution in [3.63, 3.8) is 0 Å². The zero-order chi connectivity index (χ0) is 45.2. The molecule has 0 aromatic carbocycles. The van der Waals surface area contributed by atoms with Gasteiger partial charge < -0.3 is 43.0 Å². The first-order valence-corrected chi connectivity index (χ1v) is 22.3. The van der Waals surface area contributed by atoms with E-state index in [1.165, 1.54) is 0 Å². The molecule has 2 aromatic heterocycles. The molecule has 14 heteroatoms. The van der Waals surface area contributed by atoms with Crippen molar-refractivity contribution >= 4 is 17.8 Å². The SMILES string of the molecule is CC[C@H]1OC(=O)[C@H](C)[C@@H](O[C@H]2C[C@@](C)(OC)[C@@H](O)[C@H](C)O2)[C@H](C)[C@@H](C(C)(C)C)[C@](C)(OC)C[C@@H](C)C(=O)[C@H](C)[C@H]2N(CCCCn3cnc(-c4cccnc4)c3)C(=O)O[C@]12C. The minimum Gasteiger partial charge on any atom is -0.458 e. The summed E-state index contributed by atoms with van der Waals surface area (Å²) in [7, 11) is 3.24. The van der Waals surface area contributed by atoms with Crippen LogP contribution in [0.25, 0.3) is 11.3 Å². The summed E-state index contributed by atoms with van der Waals surface area (Å²) in [4.78, 5) is 54.0. The van der Waals surface area contributed by atoms with Crippen LogP contribution < -0.4 is 0 Å². The number of rotatable bonds is 11. The number of nitrogens with zero attached hydrogens (tertiary/aromatic N) is 4. The first kappa shape index (κ1) is 48.6. The Morgan fingerprint density at radius 1 is 0.951 bits per heavy atom. The second kappa shape index (κ2) is 19.1. The van der Waals surface area contributed by atoms with E-state index in [0.29, 0.717) is 32.4 Å². The maximum Gasteiger partial charge on any atom is 0.410 e. The van der Waals surface area contributed by atoms with Crippen LogP contribution in [0.5, 0.6) is 0 Å². The number of unbranched alkanes of at least 4 members (excludes halogenated alkanes) is 1. The second-order valence-electron chi connectivity index (χ2n) is 19.8. The maximum absolute atomic E-state index is 14.9. The Labute approximate surface area is 363 Å². The Balaban J connectivity index is 1.49. The smallest absolute Gasteiger partial charge is 0.410 e. The number of pyridine rings is 1. The lowest BCUT2D eigenvalue weighted by atomic mass is 9.60. The number of carbonyl (C=O) groups excluding carboxylic acids is 3. The molecule has 14 atom stereocenters. The number of aliphatic hydroxyl groups excluding tert-OH is 1. The molecular formula is C47H74N4O10. The number of fused-ring (bicyclic) bond motifs is 1. The van der Waals surface area contributed by atoms with Gasteiger partial charge in [-0.15, -0.1) is 0 Å². The summed E-state index contributed by atoms with van der Waals surface area (Å²) in [5, 5.41) is 11.0. The number of aromatic nitrogens is 3. The van der Waals surface area contributed by atoms with Crippen LogP contribution in [-0.4, -0.2) is 117 Å². The number of Topliss-reactive ketones (excluding diaryl/α,β-unsaturated/α-hetero) is 1. The second-order valence-corrected chi connectivity index (χ2v) is 19.8. The van der Waals surface area contributed by atoms with Crippen molar-refractivity contribution in [2.75, 3.05) is 20.8 Å². The van der Waals surface area contributed by atoms with E-state index in [2.05, 4.69) is 37.7 Å². The topological polar surface area (TPSA) is 161 Å². The fourth-order valence-corrected chi connectivity index (χ4v) is 11.3. The Hall–Kier alpha value is -3.43. The average molecular weight is 855 g/mol. The molecule has 3 fully saturated rings. The van der Waals surface area contributed by atoms with E-state index in [9.17, 15) is 19.5 Å². The minimum absolute atomic E-state index is 0.0223. The van der Waals surface area contributed by atoms with E-state index in [1.807, 2.05) is 64.4 Å². The molecule has 61 heavy (non-hydrogen) atoms. The molecule has 5 heterocycles. The van der Waals surface area contributed by atoms with Gasteiger partial charge in [-0.2, -0.15) is 0 Å². The quantitative estimate of drug-likeness (QED) is 0.175. The highest BCUT2D eigenvalue weighted by atomic mass is 16.7. The molecule has 0 saturated carbocycles. The molecule has 1 amide bonds. The first-order chi connectivity index (χ1) is 28.5. The molecule has 0 bridgehead atoms. The van der Waals surface area contributed by atoms with Crippen molar-refractivity contribution in [2.24, 2.45) is 35.0 Å². The normalized spacial score (nSPS) is 38.1. The highest BCUT2D eigenvalue weighted by molar-refractivity contribution is 5.85. The van der Waals surface area contributed by atoms with Crippen molar-refractivity contribution in [1.29, 1.82) is 0 Å². The summed E-state index contributed by atoms with van der Waals surface area (Å²) in [5.74, 6) is -3.05. The zero-order valence-electron chi connectivity index (χ0n) is 39.2. The number of amides is 1. The molecule has 3 aliphatic rings. The van der Waals surface area contributed by atoms with E-state index in [0.717, 1.165) is 17.7 Å². The van der Waals surface area contributed by atoms with Gasteiger partial charge in [-0.1, -0.05) is 48.5 Å². The van der Waals surface area contributed by atoms with Gasteiger partial charge in [0.1, 0.15) is 18.0 Å². The summed E-state index contributed by atoms with van der Waals surface area (Å²) in [6, 6.07) is 3.13. The molecule has 0 unspecified atom stereocenters. The third kappa shape index (κ3) is 10.0. The van der Waals surface area contributed by atoms with Gasteiger partial charge in [-0.3, -0.25) is 14.6 Å². The van der Waals surface area contributed by atoms with Gasteiger partial charge in [0.25, 0.3) is 0 Å². The molecule has 5 rings (SSSR count). The summed E-state index contributed by atoms with van der Waals surface area (Å²) < 4.78 is 40.3. The third-order valence-corrected chi connectivity index (χ3v) is 14.3. The molecule has 0 radical (unpaired) electrons. The number of carbonyl (C=O) groups is 3. The Morgan fingerprint density at radius 2 is 1.62 bits per heavy atom. The maximum atomic E-state index is 14.9. The summed E-state index contributed by atoms with van der Waals surface area (Å²) in [5.41, 5.74) is -1.78. The number of aliphatic hydroxyl groups is 1. The minimum atomic E-state index is -1.35. The zero-order valence-corrected chi connectivity index (χ0v) is 39.2. The molecule has 3 saturated heterocycles. The van der Waals surface area contributed by atoms with Crippen LogP contribution in [0.2, 0.25) is 0 Å². The van der Waals surface area contributed by atoms with Crippen molar-refractivity contribution in [3.05, 3.63) is 37.1 Å². The molecule has 2 aromatic rings. The fraction of sp³-hybridized carbons (Fsp3) is 0.766. The standard InChI is InChI=1S/C47H74N4O10/c1-15-35-47(12)40(51(43(55)61-47)22-17-16-21-50-26-34(49-27-50)33-19-18-20-48-25-33)29(3)37(52)28(2)23-45(10,56-13)39(44(7,8)9)30(4)38(31(5)42(54)59-35)60-36-24-46(11,57-14)41(53)32(6)58-36/h18-20,25-32,35-36,38-41,53H,15-17,21-24H2,1-14H3/t28-,29+,30+,31-,32+,35-,36+,38+,39+,40-,41+,45-,46-,47-/m1/s1. The lowest BCUT2D eigenvalue weighted by Crippen LogP contribution is -2.60. The molecule has 14 nitrogen and oxygen atoms in total. The van der Waals surface area contributed by atoms with Crippen LogP contribution in [0.1, 0.15) is 115 Å². The van der Waals surface area contributed by atoms with Gasteiger partial charge >= 0.3 is 12.1 Å². The molecular weight excluding hydrogens is 781 g/mol. The summed E-state index contributed by atoms with van der Waals surface area (Å²) in [6.45, 7) is 24.5. The van der Waals surface area contributed by atoms with Crippen LogP contribution in [0.4, 0.5) is 4.79 Å². The van der Waals surface area contributed by atoms with Crippen LogP contribution >= 0.6 is 0 Å². The average Bonchev–Trinajstić information content (AvgIpc) is 3.79. The summed E-state index contributed by atoms with van der Waals surface area (Å²) >= 11 is 0. The molecule has 342 valence electrons. The lowest BCUT2D eigenvalue weighted by molar-refractivity contribution is -0.300. The Morgan fingerprint density at radius 3 is 2.23 bits per heavy atom. The highest BCUT2D eigenvalue weighted by Gasteiger charge is 2.60. The monoisotopic (exact) mass is 855 g/mol. The number of aryl methyl sites for hydroxylation is 1. The number of esters is 1. The predicted molar refractivity (Wildman–Crippen MR) is 230 cm³/mol. The van der Waals surface area contributed by atoms with E-state index in [1.54, 1.807) is 51.7 Å². The molecule has 1 N–H and O–H groups in total. The van der Waals surface area contributed by atoms with Crippen LogP contribution in [-0.2, 0) is 44.6 Å². The molecule has 0 aliphatic carbocycles. The van der Waals surface area contributed by atoms with Crippen molar-refractivity contribution in [1.82, 2.24) is 19.4 Å². The number of hydrogen-bond acceptors (Lipinski definition) is 12. The van der Waals surface area contributed by atoms with Gasteiger partial charge in [0.15, 0.2) is 11.9 Å². The largest absolute Gasteiger partial charge is 0.458 e. The van der Waals surface area contributed by atoms with E-state index >= 15 is 0 Å². The lowest BCUT2D eigenvalue weighted by Gasteiger charge is -2.52. The molecule has 3 aliphatic heterocycles. The van der Waals surface area contributed by atoms with E-state index in [-0.39, 0.29) is 29.5 Å². The van der Waals surface area contributed by atoms with Gasteiger partial charge in [0.2, 0.25) is 0 Å². The van der Waals surface area contributed by atoms with Gasteiger partial charge in [-0.25, -0.2) is 9.78 Å². The highest BCUT2D eigenvalue weighted by Crippen LogP contribution is 2.49. The van der Waals surface area contributed by atoms with Gasteiger partial charge in [0.05, 0.1) is 47.4 Å². The number of methoxy groups -OCH3 is 2. The summed E-state index contributed by atoms with van der Waals surface area (Å²) in [6.07, 6.45) is 5.14. The van der Waals surface area contributed by atoms with E-state index < -0.39 is 83.4 Å². The fourth-order valence-electron chi connectivity index (χ4n) is 11.3. The van der Waals surface area contributed by atoms with Crippen LogP contribution in [0.3, 0.4) is 0 Å². The van der Waals surface area contributed by atoms with Crippen LogP contribution in [0, 0.1) is 35.0 Å². The number of cyclic esters (lactones) is 1. The number of ketones is 1. The van der Waals surface area contributed by atoms with Gasteiger partial charge in [0, 0.05) is 69.7 Å². The number of hydrogen-bond donors (Lipinski definition) is 1. The number of ether oxygens (including phenoxy) is 6. The van der Waals surface area contributed by atoms with E-state index in [4.69, 9.17) is 28.4 Å². The predicted octanol–water partition coefficient (Wildman–Crippen LogP) is 7.50. The van der Waals surface area contributed by atoms with Crippen molar-refractivity contribution < 1.29 is 47.9 Å². The van der Waals surface area contributed by atoms with Crippen molar-refractivity contribution in [2.45, 2.75) is 175 Å². The Kier molecular flexibility index (Phi) is 15.2. The first-order valence-electron chi connectivity index (χ1n) is 22.3. The van der Waals surface area contributed by atoms with Crippen LogP contribution in [0.15, 0.2) is 37.1 Å².